The molecule has 0 N–H and O–H groups in total. The van der Waals surface area contributed by atoms with E-state index in [1.54, 1.807) is 0 Å². The summed E-state index contributed by atoms with van der Waals surface area (Å²) >= 11 is 0. The number of esters is 1. The molecule has 0 radical (unpaired) electrons. The summed E-state index contributed by atoms with van der Waals surface area (Å²) in [6.45, 7) is 47.5. The number of hydrogen-bond acceptors (Lipinski definition) is 7. The van der Waals surface area contributed by atoms with E-state index in [2.05, 4.69) is 154 Å². The summed E-state index contributed by atoms with van der Waals surface area (Å²) in [6.07, 6.45) is 9.12. The standard InChI is InChI=1S/C45H84O7Si4/c1-23-28-37(50-54(17,18)43(5,6)7)36(49-41(46)40(47-14)35-29-25-24-26-30-35)32-33-39(52-56(21,22)45(11,12)13)38(51-55(19,20)44(8,9)10)31-27-34-48-53(15,16)42(2,3)4/h23-33,36-40H,34H2,1-22H3/b28-23+,31-27+,33-32+/t36-,37-,38-,39-,40+/m0/s1. The summed E-state index contributed by atoms with van der Waals surface area (Å²) in [6, 6.07) is 9.46. The van der Waals surface area contributed by atoms with Crippen molar-refractivity contribution >= 4 is 39.2 Å². The highest BCUT2D eigenvalue weighted by atomic mass is 28.4. The van der Waals surface area contributed by atoms with Crippen molar-refractivity contribution in [2.24, 2.45) is 0 Å². The van der Waals surface area contributed by atoms with E-state index in [0.29, 0.717) is 6.61 Å². The molecule has 0 heterocycles. The maximum absolute atomic E-state index is 14.1. The molecule has 0 aliphatic carbocycles. The van der Waals surface area contributed by atoms with Gasteiger partial charge in [0.05, 0.1) is 18.8 Å². The van der Waals surface area contributed by atoms with Crippen molar-refractivity contribution < 1.29 is 32.0 Å². The summed E-state index contributed by atoms with van der Waals surface area (Å²) in [5, 5.41) is -0.0838. The third-order valence-electron chi connectivity index (χ3n) is 12.7. The molecule has 0 aromatic heterocycles. The second kappa shape index (κ2) is 20.2. The Labute approximate surface area is 348 Å². The fraction of sp³-hybridized carbons (Fsp3) is 0.711. The van der Waals surface area contributed by atoms with Crippen LogP contribution in [-0.2, 0) is 32.0 Å². The van der Waals surface area contributed by atoms with E-state index in [9.17, 15) is 4.79 Å². The third kappa shape index (κ3) is 15.3. The Hall–Kier alpha value is -1.42. The molecular formula is C45H84O7Si4. The Morgan fingerprint density at radius 3 is 1.32 bits per heavy atom. The van der Waals surface area contributed by atoms with Gasteiger partial charge in [-0.1, -0.05) is 144 Å². The number of ether oxygens (including phenoxy) is 2. The predicted molar refractivity (Wildman–Crippen MR) is 249 cm³/mol. The zero-order valence-electron chi connectivity index (χ0n) is 39.8. The number of carbonyl (C=O) groups excluding carboxylic acids is 1. The lowest BCUT2D eigenvalue weighted by Crippen LogP contribution is -2.51. The Bertz CT molecular complexity index is 1440. The summed E-state index contributed by atoms with van der Waals surface area (Å²) in [4.78, 5) is 14.1. The highest BCUT2D eigenvalue weighted by Gasteiger charge is 2.45. The first-order valence-electron chi connectivity index (χ1n) is 20.6. The lowest BCUT2D eigenvalue weighted by Gasteiger charge is -2.44. The number of benzene rings is 1. The molecule has 0 saturated heterocycles. The first-order chi connectivity index (χ1) is 25.1. The maximum Gasteiger partial charge on any atom is 0.340 e. The van der Waals surface area contributed by atoms with Crippen molar-refractivity contribution in [2.45, 2.75) is 193 Å². The smallest absolute Gasteiger partial charge is 0.340 e. The summed E-state index contributed by atoms with van der Waals surface area (Å²) in [7, 11) is -7.47. The number of carbonyl (C=O) groups is 1. The van der Waals surface area contributed by atoms with Gasteiger partial charge in [-0.2, -0.15) is 0 Å². The van der Waals surface area contributed by atoms with Crippen molar-refractivity contribution in [1.29, 1.82) is 0 Å². The number of hydrogen-bond donors (Lipinski definition) is 0. The highest BCUT2D eigenvalue weighted by Crippen LogP contribution is 2.42. The van der Waals surface area contributed by atoms with Crippen LogP contribution in [0.5, 0.6) is 0 Å². The largest absolute Gasteiger partial charge is 0.453 e. The van der Waals surface area contributed by atoms with Gasteiger partial charge in [0.1, 0.15) is 12.2 Å². The molecule has 0 saturated carbocycles. The van der Waals surface area contributed by atoms with Gasteiger partial charge in [-0.05, 0) is 91.1 Å². The molecule has 0 bridgehead atoms. The van der Waals surface area contributed by atoms with Crippen molar-refractivity contribution in [2.75, 3.05) is 13.7 Å². The van der Waals surface area contributed by atoms with Gasteiger partial charge in [0.25, 0.3) is 0 Å². The molecule has 0 amide bonds. The van der Waals surface area contributed by atoms with E-state index in [-0.39, 0.29) is 20.2 Å². The Kier molecular flexibility index (Phi) is 19.0. The summed E-state index contributed by atoms with van der Waals surface area (Å²) in [5.41, 5.74) is 0.725. The van der Waals surface area contributed by atoms with E-state index >= 15 is 0 Å². The molecule has 0 aliphatic heterocycles. The average Bonchev–Trinajstić information content (AvgIpc) is 3.02. The minimum absolute atomic E-state index is 0.0410. The molecule has 1 aromatic carbocycles. The van der Waals surface area contributed by atoms with Gasteiger partial charge in [0.15, 0.2) is 39.4 Å². The van der Waals surface area contributed by atoms with Gasteiger partial charge in [-0.3, -0.25) is 0 Å². The fourth-order valence-corrected chi connectivity index (χ4v) is 9.36. The van der Waals surface area contributed by atoms with Gasteiger partial charge in [0.2, 0.25) is 0 Å². The van der Waals surface area contributed by atoms with Crippen LogP contribution < -0.4 is 0 Å². The molecule has 7 nitrogen and oxygen atoms in total. The molecule has 0 unspecified atom stereocenters. The van der Waals surface area contributed by atoms with Gasteiger partial charge in [-0.25, -0.2) is 4.79 Å². The van der Waals surface area contributed by atoms with E-state index < -0.39 is 69.8 Å². The van der Waals surface area contributed by atoms with E-state index in [4.69, 9.17) is 27.2 Å². The lowest BCUT2D eigenvalue weighted by atomic mass is 10.1. The molecule has 0 aliphatic rings. The van der Waals surface area contributed by atoms with E-state index in [0.717, 1.165) is 5.56 Å². The zero-order chi connectivity index (χ0) is 43.8. The fourth-order valence-electron chi connectivity index (χ4n) is 4.68. The van der Waals surface area contributed by atoms with Crippen LogP contribution in [0.1, 0.15) is 102 Å². The predicted octanol–water partition coefficient (Wildman–Crippen LogP) is 13.2. The Morgan fingerprint density at radius 2 is 0.946 bits per heavy atom. The molecule has 11 heteroatoms. The van der Waals surface area contributed by atoms with Gasteiger partial charge >= 0.3 is 5.97 Å². The quantitative estimate of drug-likeness (QED) is 0.0780. The number of methoxy groups -OCH3 is 1. The molecule has 56 heavy (non-hydrogen) atoms. The van der Waals surface area contributed by atoms with Crippen LogP contribution in [0.4, 0.5) is 0 Å². The van der Waals surface area contributed by atoms with Crippen LogP contribution in [-0.4, -0.2) is 77.4 Å². The van der Waals surface area contributed by atoms with Gasteiger partial charge in [-0.15, -0.1) is 0 Å². The second-order valence-corrected chi connectivity index (χ2v) is 40.4. The van der Waals surface area contributed by atoms with Crippen LogP contribution in [0.25, 0.3) is 0 Å². The summed E-state index contributed by atoms with van der Waals surface area (Å²) < 4.78 is 40.4. The summed E-state index contributed by atoms with van der Waals surface area (Å²) in [5.74, 6) is -0.486. The average molecular weight is 850 g/mol. The molecule has 5 atom stereocenters. The topological polar surface area (TPSA) is 72.5 Å². The zero-order valence-corrected chi connectivity index (χ0v) is 43.8. The number of rotatable bonds is 19. The van der Waals surface area contributed by atoms with E-state index in [1.165, 1.54) is 7.11 Å². The Morgan fingerprint density at radius 1 is 0.571 bits per heavy atom. The second-order valence-electron chi connectivity index (χ2n) is 21.4. The minimum atomic E-state index is -2.37. The Balaban J connectivity index is 4.05. The maximum atomic E-state index is 14.1. The van der Waals surface area contributed by atoms with Crippen LogP contribution in [0.3, 0.4) is 0 Å². The van der Waals surface area contributed by atoms with Crippen molar-refractivity contribution in [3.63, 3.8) is 0 Å². The monoisotopic (exact) mass is 849 g/mol. The first kappa shape index (κ1) is 52.6. The molecule has 322 valence electrons. The molecular weight excluding hydrogens is 765 g/mol. The SMILES string of the molecule is C/C=C/[C@H](O[Si](C)(C)C(C)(C)C)[C@H](/C=C/[C@H](O[Si](C)(C)C(C)(C)C)[C@H](/C=C/CO[Si](C)(C)C(C)(C)C)O[Si](C)(C)C(C)(C)C)OC(=O)[C@H](OC)c1ccccc1. The first-order valence-corrected chi connectivity index (χ1v) is 32.2. The normalized spacial score (nSPS) is 17.4. The third-order valence-corrected chi connectivity index (χ3v) is 30.6. The van der Waals surface area contributed by atoms with Gasteiger partial charge < -0.3 is 27.2 Å². The van der Waals surface area contributed by atoms with Crippen LogP contribution in [0.15, 0.2) is 66.8 Å². The molecule has 0 fully saturated rings. The van der Waals surface area contributed by atoms with Crippen LogP contribution in [0.2, 0.25) is 72.5 Å². The van der Waals surface area contributed by atoms with Crippen molar-refractivity contribution in [3.8, 4) is 0 Å². The van der Waals surface area contributed by atoms with Gasteiger partial charge in [0, 0.05) is 7.11 Å². The van der Waals surface area contributed by atoms with Crippen molar-refractivity contribution in [3.05, 3.63) is 72.4 Å². The van der Waals surface area contributed by atoms with Crippen LogP contribution >= 0.6 is 0 Å². The van der Waals surface area contributed by atoms with Crippen molar-refractivity contribution in [1.82, 2.24) is 0 Å². The molecule has 1 aromatic rings. The minimum Gasteiger partial charge on any atom is -0.453 e. The number of allylic oxidation sites excluding steroid dienone is 1. The lowest BCUT2D eigenvalue weighted by molar-refractivity contribution is -0.162. The van der Waals surface area contributed by atoms with E-state index in [1.807, 2.05) is 55.5 Å². The van der Waals surface area contributed by atoms with Crippen LogP contribution in [0, 0.1) is 0 Å². The molecule has 0 spiro atoms. The highest BCUT2D eigenvalue weighted by molar-refractivity contribution is 6.75. The molecule has 1 rings (SSSR count).